The fraction of sp³-hybridized carbons (Fsp3) is 0.696. The number of allylic oxidation sites excluding steroid dienone is 1. The van der Waals surface area contributed by atoms with Crippen molar-refractivity contribution in [3.63, 3.8) is 0 Å². The highest BCUT2D eigenvalue weighted by molar-refractivity contribution is 8.76. The number of nitro benzene ring substituents is 2. The molecular weight excluding hydrogens is 1020 g/mol. The van der Waals surface area contributed by atoms with Gasteiger partial charge in [-0.15, -0.1) is 0 Å². The van der Waals surface area contributed by atoms with Gasteiger partial charge in [-0.05, 0) is 61.0 Å². The molecule has 1 saturated heterocycles. The van der Waals surface area contributed by atoms with Crippen molar-refractivity contribution in [3.8, 4) is 0 Å². The Morgan fingerprint density at radius 1 is 0.733 bits per heavy atom. The van der Waals surface area contributed by atoms with Crippen LogP contribution in [0.1, 0.15) is 163 Å². The minimum Gasteiger partial charge on any atom is -0.479 e. The first kappa shape index (κ1) is 80.4. The Hall–Kier alpha value is -3.48. The fourth-order valence-electron chi connectivity index (χ4n) is 5.10. The van der Waals surface area contributed by atoms with Gasteiger partial charge in [-0.2, -0.15) is 0 Å². The summed E-state index contributed by atoms with van der Waals surface area (Å²) in [5, 5.41) is 49.8. The molecule has 0 radical (unpaired) electrons. The van der Waals surface area contributed by atoms with Gasteiger partial charge in [-0.1, -0.05) is 203 Å². The van der Waals surface area contributed by atoms with Crippen LogP contribution in [0.2, 0.25) is 0 Å². The Bertz CT molecular complexity index is 1890. The molecule has 1 aliphatic heterocycles. The molecule has 5 N–H and O–H groups in total. The number of rotatable bonds is 17. The van der Waals surface area contributed by atoms with E-state index < -0.39 is 37.5 Å². The molecule has 0 aliphatic carbocycles. The van der Waals surface area contributed by atoms with E-state index in [0.29, 0.717) is 11.8 Å². The molecular formula is C56H101N2O14PS2. The minimum atomic E-state index is -3.74. The number of carbonyl (C=O) groups is 3. The molecule has 0 saturated carbocycles. The summed E-state index contributed by atoms with van der Waals surface area (Å²) in [5.41, 5.74) is 1.83. The van der Waals surface area contributed by atoms with Crippen molar-refractivity contribution in [2.24, 2.45) is 47.3 Å². The monoisotopic (exact) mass is 1120 g/mol. The maximum absolute atomic E-state index is 10.8. The number of benzene rings is 2. The second-order valence-corrected chi connectivity index (χ2v) is 26.5. The molecule has 1 aliphatic rings. The van der Waals surface area contributed by atoms with Crippen LogP contribution in [0.3, 0.4) is 0 Å². The van der Waals surface area contributed by atoms with Gasteiger partial charge >= 0.3 is 13.6 Å². The molecule has 1 fully saturated rings. The Balaban J connectivity index is -0.000000256. The van der Waals surface area contributed by atoms with E-state index in [1.807, 2.05) is 87.4 Å². The van der Waals surface area contributed by atoms with Gasteiger partial charge in [0.25, 0.3) is 11.4 Å². The Morgan fingerprint density at radius 2 is 1.17 bits per heavy atom. The number of aliphatic hydroxyl groups is 2. The lowest BCUT2D eigenvalue weighted by Gasteiger charge is -2.41. The van der Waals surface area contributed by atoms with Crippen LogP contribution in [-0.4, -0.2) is 93.6 Å². The van der Waals surface area contributed by atoms with Gasteiger partial charge in [0, 0.05) is 52.5 Å². The van der Waals surface area contributed by atoms with Gasteiger partial charge in [-0.25, -0.2) is 4.79 Å². The molecule has 0 spiro atoms. The first-order valence-electron chi connectivity index (χ1n) is 25.9. The van der Waals surface area contributed by atoms with Crippen LogP contribution in [-0.2, 0) is 36.5 Å². The summed E-state index contributed by atoms with van der Waals surface area (Å²) in [6.07, 6.45) is 0.313. The maximum atomic E-state index is 10.8. The number of carbonyl (C=O) groups excluding carboxylic acids is 2. The molecule has 2 aromatic rings. The van der Waals surface area contributed by atoms with Crippen LogP contribution in [0.4, 0.5) is 11.4 Å². The van der Waals surface area contributed by atoms with Crippen molar-refractivity contribution < 1.29 is 58.6 Å². The predicted molar refractivity (Wildman–Crippen MR) is 313 cm³/mol. The second kappa shape index (κ2) is 44.5. The number of nitro groups is 2. The molecule has 436 valence electrons. The average molecular weight is 1120 g/mol. The number of para-hydroxylation sites is 1. The number of nitrogens with zero attached hydrogens (tertiary/aromatic N) is 2. The largest absolute Gasteiger partial charge is 0.479 e. The van der Waals surface area contributed by atoms with E-state index in [4.69, 9.17) is 19.6 Å². The van der Waals surface area contributed by atoms with Gasteiger partial charge in [0.15, 0.2) is 11.9 Å². The SMILES string of the molecule is C=CC(=O)C(C)C.CC(=O)C(C)C.CC(C)C1O[C@H](C(=O)O)[C@@H](O)[C@H](O)[C@H]1C.CC(C)CSSC(C)C.CC(C)Cc1ccc([N+](=O)[O-])cc1.CC(C)Cc1ccccc1[N+](=O)[O-].CC(C)P(=O)(O)O.CCC(C)C. The lowest BCUT2D eigenvalue weighted by atomic mass is 9.83. The topological polar surface area (TPSA) is 265 Å². The van der Waals surface area contributed by atoms with Crippen LogP contribution < -0.4 is 0 Å². The summed E-state index contributed by atoms with van der Waals surface area (Å²) in [6.45, 7) is 44.9. The number of carboxylic acid groups (broad SMARTS) is 1. The first-order valence-corrected chi connectivity index (χ1v) is 30.0. The molecule has 2 aromatic carbocycles. The number of aliphatic hydroxyl groups excluding tert-OH is 2. The summed E-state index contributed by atoms with van der Waals surface area (Å²) >= 11 is 0. The zero-order chi connectivity index (χ0) is 60.1. The van der Waals surface area contributed by atoms with E-state index >= 15 is 0 Å². The Labute approximate surface area is 460 Å². The van der Waals surface area contributed by atoms with Crippen molar-refractivity contribution in [2.75, 3.05) is 5.75 Å². The molecule has 0 bridgehead atoms. The molecule has 19 heteroatoms. The van der Waals surface area contributed by atoms with Gasteiger partial charge < -0.3 is 29.8 Å². The molecule has 5 atom stereocenters. The van der Waals surface area contributed by atoms with E-state index in [0.717, 1.165) is 41.1 Å². The molecule has 75 heavy (non-hydrogen) atoms. The van der Waals surface area contributed by atoms with Crippen molar-refractivity contribution in [1.82, 2.24) is 0 Å². The van der Waals surface area contributed by atoms with E-state index in [2.05, 4.69) is 82.7 Å². The molecule has 16 nitrogen and oxygen atoms in total. The highest BCUT2D eigenvalue weighted by atomic mass is 33.1. The lowest BCUT2D eigenvalue weighted by molar-refractivity contribution is -0.385. The fourth-order valence-corrected chi connectivity index (χ4v) is 7.59. The van der Waals surface area contributed by atoms with Gasteiger partial charge in [0.2, 0.25) is 0 Å². The van der Waals surface area contributed by atoms with E-state index in [1.54, 1.807) is 38.1 Å². The number of hydrogen-bond acceptors (Lipinski definition) is 13. The highest BCUT2D eigenvalue weighted by Crippen LogP contribution is 2.40. The summed E-state index contributed by atoms with van der Waals surface area (Å²) in [5.74, 6) is 3.32. The second-order valence-electron chi connectivity index (χ2n) is 21.3. The summed E-state index contributed by atoms with van der Waals surface area (Å²) in [6, 6.07) is 13.6. The highest BCUT2D eigenvalue weighted by Gasteiger charge is 2.46. The molecule has 3 rings (SSSR count). The molecule has 1 unspecified atom stereocenters. The Kier molecular flexibility index (Phi) is 47.7. The smallest absolute Gasteiger partial charge is 0.335 e. The van der Waals surface area contributed by atoms with E-state index in [-0.39, 0.29) is 62.6 Å². The van der Waals surface area contributed by atoms with E-state index in [9.17, 15) is 49.4 Å². The number of carboxylic acids is 1. The summed E-state index contributed by atoms with van der Waals surface area (Å²) in [4.78, 5) is 68.0. The number of non-ortho nitro benzene ring substituents is 1. The first-order chi connectivity index (χ1) is 34.2. The van der Waals surface area contributed by atoms with Crippen LogP contribution in [0.25, 0.3) is 0 Å². The number of Topliss-reactive ketones (excluding diaryl/α,β-unsaturated/α-hetero) is 1. The third-order valence-electron chi connectivity index (χ3n) is 10.3. The number of hydrogen-bond donors (Lipinski definition) is 5. The molecule has 0 amide bonds. The molecule has 0 aromatic heterocycles. The van der Waals surface area contributed by atoms with Crippen LogP contribution >= 0.6 is 29.2 Å². The van der Waals surface area contributed by atoms with Crippen LogP contribution in [0.5, 0.6) is 0 Å². The number of ether oxygens (including phenoxy) is 1. The summed E-state index contributed by atoms with van der Waals surface area (Å²) < 4.78 is 15.3. The zero-order valence-corrected chi connectivity index (χ0v) is 51.9. The maximum Gasteiger partial charge on any atom is 0.335 e. The Morgan fingerprint density at radius 3 is 1.45 bits per heavy atom. The number of aliphatic carboxylic acids is 1. The third kappa shape index (κ3) is 45.3. The molecule has 1 heterocycles. The van der Waals surface area contributed by atoms with Crippen molar-refractivity contribution >= 4 is 58.1 Å². The van der Waals surface area contributed by atoms with Crippen LogP contribution in [0, 0.1) is 67.6 Å². The van der Waals surface area contributed by atoms with Crippen molar-refractivity contribution in [3.05, 3.63) is 92.5 Å². The minimum absolute atomic E-state index is 0.101. The average Bonchev–Trinajstić information content (AvgIpc) is 3.28. The quantitative estimate of drug-likeness (QED) is 0.0324. The predicted octanol–water partition coefficient (Wildman–Crippen LogP) is 14.1. The van der Waals surface area contributed by atoms with Gasteiger partial charge in [-0.3, -0.25) is 34.4 Å². The van der Waals surface area contributed by atoms with E-state index in [1.165, 1.54) is 32.1 Å². The zero-order valence-electron chi connectivity index (χ0n) is 49.4. The van der Waals surface area contributed by atoms with Gasteiger partial charge in [0.1, 0.15) is 11.9 Å². The number of ketones is 2. The standard InChI is InChI=1S/2C10H13NO2.C10H18O5.C7H16S2.C6H10O.C5H10O.C5H12.C3H9O3P/c1-8(2)7-9-3-5-10(6-4-9)11(12)13;1-8(2)7-9-5-3-4-6-10(9)11(12)13;1-4(2)8-5(3)6(11)7(12)9(15-8)10(13)14;1-6(2)5-8-9-7(3)4;1-4-6(7)5(2)3;1-4(2)5(3)6;1-4-5(2)3;1-3(2)7(4,5)6/h2*3-6,8H,7H2,1-2H3;4-9,11-12H,1-3H3,(H,13,14);6-7H,5H2,1-4H3;4-5H,1H2,2-3H3;4H,1-3H3;5H,4H2,1-3H3;3H,1-2H3,(H2,4,5,6)/t;;5-,6-,7+,8?,9+;;;;;/m..1...../s1. The van der Waals surface area contributed by atoms with Crippen molar-refractivity contribution in [2.45, 2.75) is 200 Å². The normalized spacial score (nSPS) is 16.7. The summed E-state index contributed by atoms with van der Waals surface area (Å²) in [7, 11) is 0.225. The van der Waals surface area contributed by atoms with Crippen LogP contribution in [0.15, 0.2) is 61.2 Å². The third-order valence-corrected chi connectivity index (χ3v) is 14.9. The van der Waals surface area contributed by atoms with Crippen molar-refractivity contribution in [1.29, 1.82) is 0 Å². The lowest BCUT2D eigenvalue weighted by Crippen LogP contribution is -2.57. The van der Waals surface area contributed by atoms with Gasteiger partial charge in [0.05, 0.1) is 27.7 Å².